The lowest BCUT2D eigenvalue weighted by Gasteiger charge is -2.24. The molecule has 1 amide bonds. The van der Waals surface area contributed by atoms with E-state index < -0.39 is 0 Å². The Kier molecular flexibility index (Phi) is 5.10. The van der Waals surface area contributed by atoms with Gasteiger partial charge in [0.05, 0.1) is 25.1 Å². The molecule has 20 heavy (non-hydrogen) atoms. The van der Waals surface area contributed by atoms with E-state index in [0.29, 0.717) is 19.5 Å². The van der Waals surface area contributed by atoms with Crippen molar-refractivity contribution in [2.24, 2.45) is 0 Å². The monoisotopic (exact) mass is 273 g/mol. The molecule has 1 fully saturated rings. The summed E-state index contributed by atoms with van der Waals surface area (Å²) < 4.78 is 0. The van der Waals surface area contributed by atoms with Gasteiger partial charge in [-0.3, -0.25) is 9.69 Å². The van der Waals surface area contributed by atoms with Gasteiger partial charge in [0.15, 0.2) is 0 Å². The lowest BCUT2D eigenvalue weighted by atomic mass is 10.2. The van der Waals surface area contributed by atoms with Crippen LogP contribution in [0.4, 0.5) is 5.69 Å². The first kappa shape index (κ1) is 14.5. The maximum absolute atomic E-state index is 12.4. The molecular weight excluding hydrogens is 254 g/mol. The second-order valence-corrected chi connectivity index (χ2v) is 4.97. The Bertz CT molecular complexity index is 484. The Morgan fingerprint density at radius 2 is 2.20 bits per heavy atom. The summed E-state index contributed by atoms with van der Waals surface area (Å²) in [7, 11) is 0. The molecule has 1 atom stereocenters. The van der Waals surface area contributed by atoms with Crippen LogP contribution >= 0.6 is 0 Å². The van der Waals surface area contributed by atoms with Crippen LogP contribution in [0.1, 0.15) is 12.8 Å². The molecule has 1 heterocycles. The number of rotatable bonds is 5. The molecule has 0 saturated carbocycles. The number of hydrogen-bond donors (Lipinski definition) is 1. The molecule has 0 bridgehead atoms. The molecule has 0 spiro atoms. The van der Waals surface area contributed by atoms with Gasteiger partial charge in [0.1, 0.15) is 0 Å². The number of β-amino-alcohol motifs (C(OH)–C–C–N with tert-alkyl or cyclic N) is 1. The highest BCUT2D eigenvalue weighted by atomic mass is 16.3. The van der Waals surface area contributed by atoms with Crippen molar-refractivity contribution < 1.29 is 9.90 Å². The number of para-hydroxylation sites is 1. The number of nitrogens with zero attached hydrogens (tertiary/aromatic N) is 3. The fourth-order valence-electron chi connectivity index (χ4n) is 2.40. The zero-order valence-electron chi connectivity index (χ0n) is 11.4. The van der Waals surface area contributed by atoms with Crippen molar-refractivity contribution in [3.8, 4) is 6.07 Å². The lowest BCUT2D eigenvalue weighted by Crippen LogP contribution is -2.40. The van der Waals surface area contributed by atoms with E-state index >= 15 is 0 Å². The summed E-state index contributed by atoms with van der Waals surface area (Å²) in [5, 5.41) is 18.2. The van der Waals surface area contributed by atoms with Gasteiger partial charge in [0, 0.05) is 25.3 Å². The predicted molar refractivity (Wildman–Crippen MR) is 76.1 cm³/mol. The van der Waals surface area contributed by atoms with Crippen LogP contribution in [0.2, 0.25) is 0 Å². The van der Waals surface area contributed by atoms with Gasteiger partial charge >= 0.3 is 0 Å². The van der Waals surface area contributed by atoms with Crippen molar-refractivity contribution in [2.75, 3.05) is 31.1 Å². The molecular formula is C15H19N3O2. The highest BCUT2D eigenvalue weighted by Crippen LogP contribution is 2.15. The number of carbonyl (C=O) groups excluding carboxylic acids is 1. The fourth-order valence-corrected chi connectivity index (χ4v) is 2.40. The number of likely N-dealkylation sites (tertiary alicyclic amines) is 1. The summed E-state index contributed by atoms with van der Waals surface area (Å²) in [6.45, 7) is 1.98. The summed E-state index contributed by atoms with van der Waals surface area (Å²) >= 11 is 0. The smallest absolute Gasteiger partial charge is 0.241 e. The number of aliphatic hydroxyl groups is 1. The zero-order chi connectivity index (χ0) is 14.4. The van der Waals surface area contributed by atoms with E-state index in [2.05, 4.69) is 6.07 Å². The summed E-state index contributed by atoms with van der Waals surface area (Å²) in [5.41, 5.74) is 0.812. The van der Waals surface area contributed by atoms with Gasteiger partial charge in [-0.2, -0.15) is 5.26 Å². The zero-order valence-corrected chi connectivity index (χ0v) is 11.4. The van der Waals surface area contributed by atoms with Crippen LogP contribution in [-0.4, -0.2) is 48.2 Å². The van der Waals surface area contributed by atoms with Crippen molar-refractivity contribution in [1.82, 2.24) is 4.90 Å². The summed E-state index contributed by atoms with van der Waals surface area (Å²) in [5.74, 6) is -0.0273. The standard InChI is InChI=1S/C15H19N3O2/c16-8-4-9-18(13-5-2-1-3-6-13)15(20)12-17-10-7-14(19)11-17/h1-3,5-6,14,19H,4,7,9-12H2/t14-/m0/s1. The number of amides is 1. The third-order valence-electron chi connectivity index (χ3n) is 3.42. The van der Waals surface area contributed by atoms with Gasteiger partial charge < -0.3 is 10.0 Å². The summed E-state index contributed by atoms with van der Waals surface area (Å²) in [6.07, 6.45) is 0.701. The van der Waals surface area contributed by atoms with Gasteiger partial charge in [-0.05, 0) is 18.6 Å². The minimum Gasteiger partial charge on any atom is -0.392 e. The summed E-state index contributed by atoms with van der Waals surface area (Å²) in [4.78, 5) is 16.0. The quantitative estimate of drug-likeness (QED) is 0.869. The Hall–Kier alpha value is -1.90. The third-order valence-corrected chi connectivity index (χ3v) is 3.42. The molecule has 1 N–H and O–H groups in total. The van der Waals surface area contributed by atoms with Crippen molar-refractivity contribution in [2.45, 2.75) is 18.9 Å². The SMILES string of the molecule is N#CCCN(C(=O)CN1CC[C@H](O)C1)c1ccccc1. The van der Waals surface area contributed by atoms with Crippen molar-refractivity contribution in [3.05, 3.63) is 30.3 Å². The number of nitriles is 1. The molecule has 1 saturated heterocycles. The van der Waals surface area contributed by atoms with Gasteiger partial charge in [0.25, 0.3) is 0 Å². The average Bonchev–Trinajstić information content (AvgIpc) is 2.86. The molecule has 5 nitrogen and oxygen atoms in total. The third kappa shape index (κ3) is 3.80. The molecule has 5 heteroatoms. The Morgan fingerprint density at radius 1 is 1.45 bits per heavy atom. The summed E-state index contributed by atoms with van der Waals surface area (Å²) in [6, 6.07) is 11.5. The predicted octanol–water partition coefficient (Wildman–Crippen LogP) is 1.000. The van der Waals surface area contributed by atoms with E-state index in [1.807, 2.05) is 35.2 Å². The Balaban J connectivity index is 2.02. The van der Waals surface area contributed by atoms with Crippen LogP contribution in [-0.2, 0) is 4.79 Å². The van der Waals surface area contributed by atoms with Crippen LogP contribution in [0.5, 0.6) is 0 Å². The van der Waals surface area contributed by atoms with E-state index in [-0.39, 0.29) is 18.6 Å². The molecule has 0 radical (unpaired) electrons. The lowest BCUT2D eigenvalue weighted by molar-refractivity contribution is -0.119. The average molecular weight is 273 g/mol. The van der Waals surface area contributed by atoms with Crippen molar-refractivity contribution >= 4 is 11.6 Å². The number of hydrogen-bond acceptors (Lipinski definition) is 4. The molecule has 1 aromatic rings. The van der Waals surface area contributed by atoms with Gasteiger partial charge in [-0.25, -0.2) is 0 Å². The fraction of sp³-hybridized carbons (Fsp3) is 0.467. The molecule has 2 rings (SSSR count). The maximum atomic E-state index is 12.4. The largest absolute Gasteiger partial charge is 0.392 e. The number of carbonyl (C=O) groups is 1. The maximum Gasteiger partial charge on any atom is 0.241 e. The normalized spacial score (nSPS) is 18.7. The molecule has 1 aliphatic rings. The van der Waals surface area contributed by atoms with E-state index in [0.717, 1.165) is 18.7 Å². The molecule has 0 aliphatic carbocycles. The van der Waals surface area contributed by atoms with E-state index in [1.54, 1.807) is 4.90 Å². The van der Waals surface area contributed by atoms with Crippen LogP contribution in [0.15, 0.2) is 30.3 Å². The van der Waals surface area contributed by atoms with E-state index in [9.17, 15) is 9.90 Å². The minimum atomic E-state index is -0.327. The van der Waals surface area contributed by atoms with Crippen molar-refractivity contribution in [1.29, 1.82) is 5.26 Å². The van der Waals surface area contributed by atoms with Gasteiger partial charge in [0.2, 0.25) is 5.91 Å². The molecule has 0 aromatic heterocycles. The Morgan fingerprint density at radius 3 is 2.80 bits per heavy atom. The number of anilines is 1. The van der Waals surface area contributed by atoms with Crippen molar-refractivity contribution in [3.63, 3.8) is 0 Å². The highest BCUT2D eigenvalue weighted by Gasteiger charge is 2.24. The second-order valence-electron chi connectivity index (χ2n) is 4.97. The molecule has 1 aliphatic heterocycles. The van der Waals surface area contributed by atoms with Crippen LogP contribution in [0.3, 0.4) is 0 Å². The molecule has 0 unspecified atom stereocenters. The minimum absolute atomic E-state index is 0.0273. The van der Waals surface area contributed by atoms with E-state index in [4.69, 9.17) is 5.26 Å². The highest BCUT2D eigenvalue weighted by molar-refractivity contribution is 5.94. The first-order chi connectivity index (χ1) is 9.70. The molecule has 1 aromatic carbocycles. The number of benzene rings is 1. The number of aliphatic hydroxyl groups excluding tert-OH is 1. The first-order valence-corrected chi connectivity index (χ1v) is 6.83. The van der Waals surface area contributed by atoms with Crippen LogP contribution in [0.25, 0.3) is 0 Å². The van der Waals surface area contributed by atoms with Gasteiger partial charge in [-0.1, -0.05) is 18.2 Å². The second kappa shape index (κ2) is 7.04. The molecule has 106 valence electrons. The van der Waals surface area contributed by atoms with Gasteiger partial charge in [-0.15, -0.1) is 0 Å². The van der Waals surface area contributed by atoms with Crippen LogP contribution < -0.4 is 4.90 Å². The van der Waals surface area contributed by atoms with E-state index in [1.165, 1.54) is 0 Å². The van der Waals surface area contributed by atoms with Crippen LogP contribution in [0, 0.1) is 11.3 Å². The first-order valence-electron chi connectivity index (χ1n) is 6.83. The Labute approximate surface area is 119 Å². The topological polar surface area (TPSA) is 67.6 Å².